The van der Waals surface area contributed by atoms with Gasteiger partial charge in [0.05, 0.1) is 17.5 Å². The first kappa shape index (κ1) is 13.5. The van der Waals surface area contributed by atoms with Gasteiger partial charge in [0.1, 0.15) is 16.5 Å². The van der Waals surface area contributed by atoms with E-state index in [-0.39, 0.29) is 11.7 Å². The molecule has 0 spiro atoms. The van der Waals surface area contributed by atoms with Crippen molar-refractivity contribution in [1.82, 2.24) is 4.98 Å². The van der Waals surface area contributed by atoms with Gasteiger partial charge in [0.15, 0.2) is 5.78 Å². The molecule has 0 N–H and O–H groups in total. The van der Waals surface area contributed by atoms with Crippen molar-refractivity contribution in [2.45, 2.75) is 0 Å². The lowest BCUT2D eigenvalue weighted by atomic mass is 10.2. The van der Waals surface area contributed by atoms with Gasteiger partial charge in [-0.2, -0.15) is 0 Å². The molecule has 0 amide bonds. The van der Waals surface area contributed by atoms with Gasteiger partial charge in [-0.1, -0.05) is 0 Å². The zero-order chi connectivity index (χ0) is 13.1. The molecular formula is C12H9BrClNO2S. The number of aromatic nitrogens is 1. The molecule has 0 aliphatic rings. The zero-order valence-electron chi connectivity index (χ0n) is 9.44. The molecule has 18 heavy (non-hydrogen) atoms. The molecule has 1 heterocycles. The molecule has 0 saturated carbocycles. The second-order valence-corrected chi connectivity index (χ2v) is 5.42. The summed E-state index contributed by atoms with van der Waals surface area (Å²) in [6.07, 6.45) is 0. The normalized spacial score (nSPS) is 10.4. The Morgan fingerprint density at radius 2 is 2.33 bits per heavy atom. The van der Waals surface area contributed by atoms with E-state index in [1.165, 1.54) is 11.3 Å². The van der Waals surface area contributed by atoms with E-state index in [1.807, 2.05) is 18.2 Å². The van der Waals surface area contributed by atoms with E-state index in [2.05, 4.69) is 20.9 Å². The molecule has 1 aromatic heterocycles. The zero-order valence-corrected chi connectivity index (χ0v) is 12.6. The number of hydrogen-bond acceptors (Lipinski definition) is 4. The monoisotopic (exact) mass is 345 g/mol. The van der Waals surface area contributed by atoms with E-state index >= 15 is 0 Å². The molecule has 94 valence electrons. The fraction of sp³-hybridized carbons (Fsp3) is 0.167. The van der Waals surface area contributed by atoms with Gasteiger partial charge in [0, 0.05) is 10.9 Å². The van der Waals surface area contributed by atoms with Crippen LogP contribution in [0.5, 0.6) is 5.75 Å². The summed E-state index contributed by atoms with van der Waals surface area (Å²) in [6.45, 7) is 0. The van der Waals surface area contributed by atoms with Crippen LogP contribution in [0.1, 0.15) is 10.5 Å². The fourth-order valence-corrected chi connectivity index (χ4v) is 2.90. The first-order valence-corrected chi connectivity index (χ1v) is 7.25. The number of benzene rings is 1. The molecule has 0 unspecified atom stereocenters. The summed E-state index contributed by atoms with van der Waals surface area (Å²) in [5.41, 5.74) is 1.35. The molecule has 0 fully saturated rings. The van der Waals surface area contributed by atoms with Crippen LogP contribution >= 0.6 is 38.9 Å². The Labute approximate surface area is 122 Å². The Hall–Kier alpha value is -0.910. The second kappa shape index (κ2) is 5.82. The Bertz CT molecular complexity index is 585. The van der Waals surface area contributed by atoms with Gasteiger partial charge >= 0.3 is 0 Å². The number of methoxy groups -OCH3 is 1. The quantitative estimate of drug-likeness (QED) is 0.620. The lowest BCUT2D eigenvalue weighted by Gasteiger charge is -2.04. The highest BCUT2D eigenvalue weighted by atomic mass is 79.9. The van der Waals surface area contributed by atoms with E-state index < -0.39 is 0 Å². The summed E-state index contributed by atoms with van der Waals surface area (Å²) in [5.74, 6) is 0.550. The summed E-state index contributed by atoms with van der Waals surface area (Å²) >= 11 is 10.3. The molecule has 2 rings (SSSR count). The van der Waals surface area contributed by atoms with Crippen LogP contribution in [-0.2, 0) is 0 Å². The number of ketones is 1. The van der Waals surface area contributed by atoms with Crippen molar-refractivity contribution in [2.24, 2.45) is 0 Å². The predicted octanol–water partition coefficient (Wildman–Crippen LogP) is 4.00. The number of alkyl halides is 1. The Kier molecular flexibility index (Phi) is 4.37. The highest BCUT2D eigenvalue weighted by Gasteiger charge is 2.11. The maximum atomic E-state index is 11.4. The van der Waals surface area contributed by atoms with Gasteiger partial charge in [-0.3, -0.25) is 4.79 Å². The van der Waals surface area contributed by atoms with Gasteiger partial charge in [-0.15, -0.1) is 22.9 Å². The minimum absolute atomic E-state index is 0.0462. The Morgan fingerprint density at radius 1 is 1.56 bits per heavy atom. The molecule has 2 aromatic rings. The number of carbonyl (C=O) groups is 1. The molecule has 0 aliphatic carbocycles. The summed E-state index contributed by atoms with van der Waals surface area (Å²) in [7, 11) is 1.61. The number of hydrogen-bond donors (Lipinski definition) is 0. The van der Waals surface area contributed by atoms with Crippen LogP contribution in [-0.4, -0.2) is 23.8 Å². The predicted molar refractivity (Wildman–Crippen MR) is 76.9 cm³/mol. The van der Waals surface area contributed by atoms with Gasteiger partial charge in [0.25, 0.3) is 0 Å². The first-order chi connectivity index (χ1) is 8.65. The maximum Gasteiger partial charge on any atom is 0.196 e. The maximum absolute atomic E-state index is 11.4. The Morgan fingerprint density at radius 3 is 2.94 bits per heavy atom. The molecule has 1 aromatic carbocycles. The molecule has 0 bridgehead atoms. The summed E-state index contributed by atoms with van der Waals surface area (Å²) in [6, 6.07) is 5.66. The third kappa shape index (κ3) is 2.74. The van der Waals surface area contributed by atoms with Crippen LogP contribution < -0.4 is 4.74 Å². The number of halogens is 2. The van der Waals surface area contributed by atoms with E-state index in [1.54, 1.807) is 12.5 Å². The van der Waals surface area contributed by atoms with Gasteiger partial charge < -0.3 is 4.74 Å². The fourth-order valence-electron chi connectivity index (χ4n) is 1.40. The topological polar surface area (TPSA) is 39.2 Å². The van der Waals surface area contributed by atoms with Crippen LogP contribution in [0.15, 0.2) is 28.1 Å². The van der Waals surface area contributed by atoms with E-state index in [9.17, 15) is 4.79 Å². The SMILES string of the molecule is COc1ccc(-c2nc(C(=O)CCl)cs2)cc1Br. The smallest absolute Gasteiger partial charge is 0.196 e. The van der Waals surface area contributed by atoms with Crippen molar-refractivity contribution in [3.63, 3.8) is 0 Å². The lowest BCUT2D eigenvalue weighted by molar-refractivity contribution is 0.101. The van der Waals surface area contributed by atoms with Crippen molar-refractivity contribution in [2.75, 3.05) is 13.0 Å². The van der Waals surface area contributed by atoms with E-state index in [0.717, 1.165) is 20.8 Å². The standard InChI is InChI=1S/C12H9BrClNO2S/c1-17-11-3-2-7(4-8(11)13)12-15-9(6-18-12)10(16)5-14/h2-4,6H,5H2,1H3. The molecular weight excluding hydrogens is 338 g/mol. The highest BCUT2D eigenvalue weighted by molar-refractivity contribution is 9.10. The van der Waals surface area contributed by atoms with E-state index in [4.69, 9.17) is 16.3 Å². The van der Waals surface area contributed by atoms with E-state index in [0.29, 0.717) is 5.69 Å². The van der Waals surface area contributed by atoms with Gasteiger partial charge in [-0.25, -0.2) is 4.98 Å². The minimum atomic E-state index is -0.160. The van der Waals surface area contributed by atoms with Gasteiger partial charge in [0.2, 0.25) is 0 Å². The van der Waals surface area contributed by atoms with Crippen LogP contribution in [0.25, 0.3) is 10.6 Å². The lowest BCUT2D eigenvalue weighted by Crippen LogP contribution is -2.00. The van der Waals surface area contributed by atoms with Crippen LogP contribution in [0.2, 0.25) is 0 Å². The van der Waals surface area contributed by atoms with Crippen molar-refractivity contribution in [3.05, 3.63) is 33.7 Å². The number of thiazole rings is 1. The summed E-state index contributed by atoms with van der Waals surface area (Å²) in [5, 5.41) is 2.50. The summed E-state index contributed by atoms with van der Waals surface area (Å²) < 4.78 is 6.01. The average Bonchev–Trinajstić information content (AvgIpc) is 2.87. The largest absolute Gasteiger partial charge is 0.496 e. The van der Waals surface area contributed by atoms with Crippen LogP contribution in [0.3, 0.4) is 0 Å². The van der Waals surface area contributed by atoms with Gasteiger partial charge in [-0.05, 0) is 34.1 Å². The number of Topliss-reactive ketones (excluding diaryl/α,β-unsaturated/α-hetero) is 1. The summed E-state index contributed by atoms with van der Waals surface area (Å²) in [4.78, 5) is 15.7. The second-order valence-electron chi connectivity index (χ2n) is 3.44. The van der Waals surface area contributed by atoms with Crippen LogP contribution in [0, 0.1) is 0 Å². The average molecular weight is 347 g/mol. The number of carbonyl (C=O) groups excluding carboxylic acids is 1. The highest BCUT2D eigenvalue weighted by Crippen LogP contribution is 2.32. The molecule has 3 nitrogen and oxygen atoms in total. The third-order valence-electron chi connectivity index (χ3n) is 2.31. The first-order valence-electron chi connectivity index (χ1n) is 5.04. The van der Waals surface area contributed by atoms with Crippen molar-refractivity contribution < 1.29 is 9.53 Å². The minimum Gasteiger partial charge on any atom is -0.496 e. The number of rotatable bonds is 4. The number of nitrogens with zero attached hydrogens (tertiary/aromatic N) is 1. The molecule has 0 radical (unpaired) electrons. The Balaban J connectivity index is 2.34. The van der Waals surface area contributed by atoms with Crippen molar-refractivity contribution >= 4 is 44.7 Å². The number of ether oxygens (including phenoxy) is 1. The molecule has 0 aliphatic heterocycles. The molecule has 6 heteroatoms. The van der Waals surface area contributed by atoms with Crippen LogP contribution in [0.4, 0.5) is 0 Å². The van der Waals surface area contributed by atoms with Crippen molar-refractivity contribution in [1.29, 1.82) is 0 Å². The van der Waals surface area contributed by atoms with Crippen molar-refractivity contribution in [3.8, 4) is 16.3 Å². The molecule has 0 atom stereocenters. The third-order valence-corrected chi connectivity index (χ3v) is 4.06. The molecule has 0 saturated heterocycles.